The summed E-state index contributed by atoms with van der Waals surface area (Å²) in [4.78, 5) is 16.9. The fourth-order valence-electron chi connectivity index (χ4n) is 2.90. The van der Waals surface area contributed by atoms with Crippen LogP contribution in [0.25, 0.3) is 11.3 Å². The number of carbonyl (C=O) groups excluding carboxylic acids is 1. The summed E-state index contributed by atoms with van der Waals surface area (Å²) in [6.45, 7) is 4.57. The molecule has 6 heteroatoms. The maximum Gasteiger partial charge on any atom is 0.231 e. The molecular formula is C21H20N2O3S. The van der Waals surface area contributed by atoms with Gasteiger partial charge >= 0.3 is 0 Å². The zero-order valence-corrected chi connectivity index (χ0v) is 16.0. The molecular weight excluding hydrogens is 360 g/mol. The lowest BCUT2D eigenvalue weighted by molar-refractivity contribution is -0.115. The number of carbonyl (C=O) groups is 1. The molecule has 2 aromatic carbocycles. The summed E-state index contributed by atoms with van der Waals surface area (Å²) in [5.41, 5.74) is 4.09. The second-order valence-electron chi connectivity index (χ2n) is 6.73. The van der Waals surface area contributed by atoms with Gasteiger partial charge in [-0.2, -0.15) is 0 Å². The van der Waals surface area contributed by atoms with Gasteiger partial charge in [0.15, 0.2) is 16.6 Å². The van der Waals surface area contributed by atoms with Gasteiger partial charge in [-0.15, -0.1) is 11.3 Å². The SMILES string of the molecule is CC(C)c1ccc(-c2csc(NC(=O)Cc3ccc4c(c3)OCO4)n2)cc1. The lowest BCUT2D eigenvalue weighted by Crippen LogP contribution is -2.14. The number of aromatic nitrogens is 1. The topological polar surface area (TPSA) is 60.5 Å². The highest BCUT2D eigenvalue weighted by Crippen LogP contribution is 2.33. The van der Waals surface area contributed by atoms with Crippen LogP contribution in [0.5, 0.6) is 11.5 Å². The Kier molecular flexibility index (Phi) is 4.81. The van der Waals surface area contributed by atoms with Crippen molar-refractivity contribution in [2.24, 2.45) is 0 Å². The molecule has 0 radical (unpaired) electrons. The molecule has 0 fully saturated rings. The van der Waals surface area contributed by atoms with Crippen LogP contribution < -0.4 is 14.8 Å². The summed E-state index contributed by atoms with van der Waals surface area (Å²) in [6, 6.07) is 13.9. The average Bonchev–Trinajstić information content (AvgIpc) is 3.30. The zero-order chi connectivity index (χ0) is 18.8. The number of fused-ring (bicyclic) bond motifs is 1. The summed E-state index contributed by atoms with van der Waals surface area (Å²) in [5.74, 6) is 1.79. The van der Waals surface area contributed by atoms with Crippen LogP contribution >= 0.6 is 11.3 Å². The fraction of sp³-hybridized carbons (Fsp3) is 0.238. The maximum absolute atomic E-state index is 12.3. The van der Waals surface area contributed by atoms with Gasteiger partial charge in [0.2, 0.25) is 12.7 Å². The second kappa shape index (κ2) is 7.40. The molecule has 4 rings (SSSR count). The molecule has 0 atom stereocenters. The van der Waals surface area contributed by atoms with Crippen molar-refractivity contribution in [1.29, 1.82) is 0 Å². The Morgan fingerprint density at radius 1 is 1.15 bits per heavy atom. The van der Waals surface area contributed by atoms with Crippen molar-refractivity contribution >= 4 is 22.4 Å². The van der Waals surface area contributed by atoms with Gasteiger partial charge < -0.3 is 14.8 Å². The van der Waals surface area contributed by atoms with Crippen molar-refractivity contribution in [3.8, 4) is 22.8 Å². The van der Waals surface area contributed by atoms with Crippen molar-refractivity contribution in [2.75, 3.05) is 12.1 Å². The molecule has 138 valence electrons. The maximum atomic E-state index is 12.3. The Hall–Kier alpha value is -2.86. The summed E-state index contributed by atoms with van der Waals surface area (Å²) in [7, 11) is 0. The van der Waals surface area contributed by atoms with Crippen LogP contribution in [0.1, 0.15) is 30.9 Å². The molecule has 3 aromatic rings. The first-order valence-corrected chi connectivity index (χ1v) is 9.70. The van der Waals surface area contributed by atoms with E-state index in [0.717, 1.165) is 16.8 Å². The fourth-order valence-corrected chi connectivity index (χ4v) is 3.64. The van der Waals surface area contributed by atoms with Gasteiger partial charge in [-0.25, -0.2) is 4.98 Å². The van der Waals surface area contributed by atoms with Gasteiger partial charge in [0.1, 0.15) is 0 Å². The van der Waals surface area contributed by atoms with Gasteiger partial charge in [0.05, 0.1) is 12.1 Å². The molecule has 0 bridgehead atoms. The van der Waals surface area contributed by atoms with Gasteiger partial charge in [-0.3, -0.25) is 4.79 Å². The standard InChI is InChI=1S/C21H20N2O3S/c1-13(2)15-4-6-16(7-5-15)17-11-27-21(22-17)23-20(24)10-14-3-8-18-19(9-14)26-12-25-18/h3-9,11,13H,10,12H2,1-2H3,(H,22,23,24). The van der Waals surface area contributed by atoms with E-state index in [2.05, 4.69) is 48.4 Å². The van der Waals surface area contributed by atoms with Crippen molar-refractivity contribution in [2.45, 2.75) is 26.2 Å². The number of ether oxygens (including phenoxy) is 2. The highest BCUT2D eigenvalue weighted by Gasteiger charge is 2.15. The van der Waals surface area contributed by atoms with Crippen molar-refractivity contribution in [3.05, 3.63) is 59.0 Å². The lowest BCUT2D eigenvalue weighted by Gasteiger charge is -2.05. The number of hydrogen-bond acceptors (Lipinski definition) is 5. The highest BCUT2D eigenvalue weighted by atomic mass is 32.1. The number of nitrogens with one attached hydrogen (secondary N) is 1. The monoisotopic (exact) mass is 380 g/mol. The number of nitrogens with zero attached hydrogens (tertiary/aromatic N) is 1. The zero-order valence-electron chi connectivity index (χ0n) is 15.2. The molecule has 0 spiro atoms. The number of hydrogen-bond donors (Lipinski definition) is 1. The van der Waals surface area contributed by atoms with Crippen LogP contribution in [-0.2, 0) is 11.2 Å². The van der Waals surface area contributed by atoms with E-state index in [1.165, 1.54) is 16.9 Å². The summed E-state index contributed by atoms with van der Waals surface area (Å²) in [5, 5.41) is 5.43. The van der Waals surface area contributed by atoms with Crippen LogP contribution in [0.15, 0.2) is 47.8 Å². The first kappa shape index (κ1) is 17.5. The largest absolute Gasteiger partial charge is 0.454 e. The lowest BCUT2D eigenvalue weighted by atomic mass is 10.0. The van der Waals surface area contributed by atoms with E-state index in [4.69, 9.17) is 9.47 Å². The number of anilines is 1. The first-order chi connectivity index (χ1) is 13.1. The minimum absolute atomic E-state index is 0.107. The van der Waals surface area contributed by atoms with E-state index in [-0.39, 0.29) is 19.1 Å². The third-order valence-electron chi connectivity index (χ3n) is 4.43. The Balaban J connectivity index is 1.40. The minimum Gasteiger partial charge on any atom is -0.454 e. The Labute approximate surface area is 162 Å². The highest BCUT2D eigenvalue weighted by molar-refractivity contribution is 7.14. The molecule has 0 saturated carbocycles. The smallest absolute Gasteiger partial charge is 0.231 e. The number of benzene rings is 2. The number of thiazole rings is 1. The number of rotatable bonds is 5. The van der Waals surface area contributed by atoms with Gasteiger partial charge in [0, 0.05) is 10.9 Å². The second-order valence-corrected chi connectivity index (χ2v) is 7.59. The first-order valence-electron chi connectivity index (χ1n) is 8.83. The predicted octanol–water partition coefficient (Wildman–Crippen LogP) is 4.84. The predicted molar refractivity (Wildman–Crippen MR) is 107 cm³/mol. The molecule has 1 N–H and O–H groups in total. The number of amides is 1. The summed E-state index contributed by atoms with van der Waals surface area (Å²) >= 11 is 1.43. The molecule has 1 aromatic heterocycles. The van der Waals surface area contributed by atoms with E-state index in [1.807, 2.05) is 23.6 Å². The molecule has 1 aliphatic heterocycles. The van der Waals surface area contributed by atoms with E-state index in [1.54, 1.807) is 0 Å². The molecule has 0 unspecified atom stereocenters. The summed E-state index contributed by atoms with van der Waals surface area (Å²) in [6.07, 6.45) is 0.259. The molecule has 2 heterocycles. The molecule has 0 aliphatic carbocycles. The molecule has 1 aliphatic rings. The minimum atomic E-state index is -0.107. The van der Waals surface area contributed by atoms with E-state index in [0.29, 0.717) is 22.5 Å². The third kappa shape index (κ3) is 3.95. The molecule has 5 nitrogen and oxygen atoms in total. The van der Waals surface area contributed by atoms with Crippen molar-refractivity contribution in [1.82, 2.24) is 4.98 Å². The van der Waals surface area contributed by atoms with Gasteiger partial charge in [-0.05, 0) is 29.2 Å². The normalized spacial score (nSPS) is 12.4. The van der Waals surface area contributed by atoms with Crippen LogP contribution in [0, 0.1) is 0 Å². The molecule has 27 heavy (non-hydrogen) atoms. The third-order valence-corrected chi connectivity index (χ3v) is 5.18. The Morgan fingerprint density at radius 3 is 2.70 bits per heavy atom. The molecule has 0 saturated heterocycles. The van der Waals surface area contributed by atoms with Crippen molar-refractivity contribution in [3.63, 3.8) is 0 Å². The van der Waals surface area contributed by atoms with Crippen LogP contribution in [0.4, 0.5) is 5.13 Å². The Morgan fingerprint density at radius 2 is 1.93 bits per heavy atom. The Bertz CT molecular complexity index is 964. The van der Waals surface area contributed by atoms with Gasteiger partial charge in [-0.1, -0.05) is 44.2 Å². The van der Waals surface area contributed by atoms with Crippen LogP contribution in [-0.4, -0.2) is 17.7 Å². The molecule has 1 amide bonds. The van der Waals surface area contributed by atoms with Crippen LogP contribution in [0.2, 0.25) is 0 Å². The van der Waals surface area contributed by atoms with Gasteiger partial charge in [0.25, 0.3) is 0 Å². The average molecular weight is 380 g/mol. The summed E-state index contributed by atoms with van der Waals surface area (Å²) < 4.78 is 10.6. The van der Waals surface area contributed by atoms with Crippen LogP contribution in [0.3, 0.4) is 0 Å². The van der Waals surface area contributed by atoms with E-state index in [9.17, 15) is 4.79 Å². The van der Waals surface area contributed by atoms with E-state index >= 15 is 0 Å². The van der Waals surface area contributed by atoms with E-state index < -0.39 is 0 Å². The quantitative estimate of drug-likeness (QED) is 0.688. The van der Waals surface area contributed by atoms with Crippen molar-refractivity contribution < 1.29 is 14.3 Å².